The van der Waals surface area contributed by atoms with Crippen molar-refractivity contribution >= 4 is 11.3 Å². The second kappa shape index (κ2) is 5.85. The van der Waals surface area contributed by atoms with Gasteiger partial charge in [-0.2, -0.15) is 0 Å². The number of nitrogens with zero attached hydrogens (tertiary/aromatic N) is 1. The highest BCUT2D eigenvalue weighted by atomic mass is 32.1. The van der Waals surface area contributed by atoms with Gasteiger partial charge in [0, 0.05) is 34.4 Å². The van der Waals surface area contributed by atoms with Gasteiger partial charge in [-0.15, -0.1) is 11.3 Å². The van der Waals surface area contributed by atoms with Crippen LogP contribution in [-0.2, 0) is 11.3 Å². The van der Waals surface area contributed by atoms with Crippen LogP contribution in [0.2, 0.25) is 0 Å². The Labute approximate surface area is 113 Å². The molecule has 0 amide bonds. The SMILES string of the molecule is CC1(C)COCCN1Cc1cc(C#CCN)cs1. The van der Waals surface area contributed by atoms with Crippen LogP contribution in [0.4, 0.5) is 0 Å². The first-order valence-electron chi connectivity index (χ1n) is 6.21. The summed E-state index contributed by atoms with van der Waals surface area (Å²) in [7, 11) is 0. The standard InChI is InChI=1S/C14H20N2OS/c1-14(2)11-17-7-6-16(14)9-13-8-12(10-18-13)4-3-5-15/h8,10H,5-7,9,11,15H2,1-2H3. The zero-order valence-electron chi connectivity index (χ0n) is 11.0. The Morgan fingerprint density at radius 1 is 1.56 bits per heavy atom. The van der Waals surface area contributed by atoms with Crippen molar-refractivity contribution < 1.29 is 4.74 Å². The Balaban J connectivity index is 2.02. The number of hydrogen-bond donors (Lipinski definition) is 1. The lowest BCUT2D eigenvalue weighted by Gasteiger charge is -2.41. The maximum Gasteiger partial charge on any atom is 0.0645 e. The molecule has 1 saturated heterocycles. The van der Waals surface area contributed by atoms with Crippen molar-refractivity contribution in [2.24, 2.45) is 5.73 Å². The third kappa shape index (κ3) is 3.33. The number of nitrogens with two attached hydrogens (primary N) is 1. The van der Waals surface area contributed by atoms with Gasteiger partial charge in [0.15, 0.2) is 0 Å². The van der Waals surface area contributed by atoms with E-state index in [1.54, 1.807) is 11.3 Å². The molecule has 0 radical (unpaired) electrons. The van der Waals surface area contributed by atoms with E-state index in [-0.39, 0.29) is 5.54 Å². The van der Waals surface area contributed by atoms with Gasteiger partial charge in [-0.05, 0) is 19.9 Å². The summed E-state index contributed by atoms with van der Waals surface area (Å²) in [6.07, 6.45) is 0. The first kappa shape index (κ1) is 13.6. The van der Waals surface area contributed by atoms with Crippen LogP contribution in [0.5, 0.6) is 0 Å². The van der Waals surface area contributed by atoms with E-state index in [2.05, 4.69) is 42.0 Å². The predicted octanol–water partition coefficient (Wildman–Crippen LogP) is 1.67. The second-order valence-corrected chi connectivity index (χ2v) is 6.09. The first-order chi connectivity index (χ1) is 8.62. The van der Waals surface area contributed by atoms with Crippen LogP contribution in [0.15, 0.2) is 11.4 Å². The van der Waals surface area contributed by atoms with E-state index in [1.165, 1.54) is 4.88 Å². The van der Waals surface area contributed by atoms with Gasteiger partial charge < -0.3 is 10.5 Å². The Hall–Kier alpha value is -0.860. The zero-order valence-corrected chi connectivity index (χ0v) is 11.8. The van der Waals surface area contributed by atoms with Gasteiger partial charge in [0.05, 0.1) is 19.8 Å². The van der Waals surface area contributed by atoms with Crippen LogP contribution in [0.3, 0.4) is 0 Å². The Morgan fingerprint density at radius 2 is 2.39 bits per heavy atom. The fourth-order valence-corrected chi connectivity index (χ4v) is 2.88. The lowest BCUT2D eigenvalue weighted by atomic mass is 10.0. The molecule has 0 unspecified atom stereocenters. The molecule has 1 aromatic heterocycles. The fourth-order valence-electron chi connectivity index (χ4n) is 2.05. The van der Waals surface area contributed by atoms with Crippen LogP contribution in [-0.4, -0.2) is 36.7 Å². The third-order valence-corrected chi connectivity index (χ3v) is 4.07. The topological polar surface area (TPSA) is 38.5 Å². The molecule has 0 bridgehead atoms. The third-order valence-electron chi connectivity index (χ3n) is 3.15. The van der Waals surface area contributed by atoms with Gasteiger partial charge in [-0.1, -0.05) is 11.8 Å². The van der Waals surface area contributed by atoms with Crippen LogP contribution in [0.25, 0.3) is 0 Å². The smallest absolute Gasteiger partial charge is 0.0645 e. The Morgan fingerprint density at radius 3 is 3.11 bits per heavy atom. The summed E-state index contributed by atoms with van der Waals surface area (Å²) in [6, 6.07) is 2.17. The van der Waals surface area contributed by atoms with E-state index < -0.39 is 0 Å². The summed E-state index contributed by atoms with van der Waals surface area (Å²) in [5, 5.41) is 2.10. The normalized spacial score (nSPS) is 19.3. The molecule has 0 atom stereocenters. The van der Waals surface area contributed by atoms with Gasteiger partial charge in [0.25, 0.3) is 0 Å². The molecule has 1 fully saturated rings. The van der Waals surface area contributed by atoms with Crippen molar-refractivity contribution in [1.82, 2.24) is 4.90 Å². The summed E-state index contributed by atoms with van der Waals surface area (Å²) in [6.45, 7) is 8.48. The summed E-state index contributed by atoms with van der Waals surface area (Å²) >= 11 is 1.77. The van der Waals surface area contributed by atoms with Gasteiger partial charge >= 0.3 is 0 Å². The lowest BCUT2D eigenvalue weighted by molar-refractivity contribution is -0.0548. The Bertz CT molecular complexity index is 456. The van der Waals surface area contributed by atoms with Crippen molar-refractivity contribution in [3.8, 4) is 11.8 Å². The highest BCUT2D eigenvalue weighted by molar-refractivity contribution is 7.10. The van der Waals surface area contributed by atoms with Crippen LogP contribution >= 0.6 is 11.3 Å². The number of morpholine rings is 1. The van der Waals surface area contributed by atoms with E-state index in [4.69, 9.17) is 10.5 Å². The highest BCUT2D eigenvalue weighted by Crippen LogP contribution is 2.24. The monoisotopic (exact) mass is 264 g/mol. The lowest BCUT2D eigenvalue weighted by Crippen LogP contribution is -2.52. The summed E-state index contributed by atoms with van der Waals surface area (Å²) in [5.74, 6) is 5.96. The average Bonchev–Trinajstić information content (AvgIpc) is 2.77. The molecular formula is C14H20N2OS. The van der Waals surface area contributed by atoms with E-state index >= 15 is 0 Å². The highest BCUT2D eigenvalue weighted by Gasteiger charge is 2.30. The molecule has 1 aliphatic heterocycles. The minimum absolute atomic E-state index is 0.116. The fraction of sp³-hybridized carbons (Fsp3) is 0.571. The van der Waals surface area contributed by atoms with Crippen LogP contribution < -0.4 is 5.73 Å². The molecule has 0 saturated carbocycles. The average molecular weight is 264 g/mol. The maximum absolute atomic E-state index is 5.54. The molecule has 2 rings (SSSR count). The quantitative estimate of drug-likeness (QED) is 0.826. The minimum Gasteiger partial charge on any atom is -0.378 e. The van der Waals surface area contributed by atoms with Gasteiger partial charge in [-0.3, -0.25) is 4.90 Å². The first-order valence-corrected chi connectivity index (χ1v) is 7.09. The summed E-state index contributed by atoms with van der Waals surface area (Å²) in [4.78, 5) is 3.83. The van der Waals surface area contributed by atoms with E-state index in [0.717, 1.165) is 31.9 Å². The van der Waals surface area contributed by atoms with Crippen LogP contribution in [0, 0.1) is 11.8 Å². The van der Waals surface area contributed by atoms with E-state index in [1.807, 2.05) is 0 Å². The van der Waals surface area contributed by atoms with Crippen molar-refractivity contribution in [2.45, 2.75) is 25.9 Å². The maximum atomic E-state index is 5.54. The minimum atomic E-state index is 0.116. The number of rotatable bonds is 2. The zero-order chi connectivity index (χ0) is 13.0. The van der Waals surface area contributed by atoms with Gasteiger partial charge in [0.2, 0.25) is 0 Å². The molecule has 3 nitrogen and oxygen atoms in total. The molecule has 2 N–H and O–H groups in total. The number of ether oxygens (including phenoxy) is 1. The molecule has 1 aliphatic rings. The molecule has 18 heavy (non-hydrogen) atoms. The van der Waals surface area contributed by atoms with Crippen molar-refractivity contribution in [3.05, 3.63) is 21.9 Å². The number of thiophene rings is 1. The molecule has 98 valence electrons. The molecule has 0 aliphatic carbocycles. The molecule has 2 heterocycles. The summed E-state index contributed by atoms with van der Waals surface area (Å²) in [5.41, 5.74) is 6.57. The van der Waals surface area contributed by atoms with Gasteiger partial charge in [-0.25, -0.2) is 0 Å². The molecule has 0 spiro atoms. The largest absolute Gasteiger partial charge is 0.378 e. The van der Waals surface area contributed by atoms with Crippen LogP contribution in [0.1, 0.15) is 24.3 Å². The molecular weight excluding hydrogens is 244 g/mol. The number of hydrogen-bond acceptors (Lipinski definition) is 4. The summed E-state index contributed by atoms with van der Waals surface area (Å²) < 4.78 is 5.54. The van der Waals surface area contributed by atoms with Crippen molar-refractivity contribution in [3.63, 3.8) is 0 Å². The van der Waals surface area contributed by atoms with Gasteiger partial charge in [0.1, 0.15) is 0 Å². The molecule has 4 heteroatoms. The molecule has 1 aromatic rings. The van der Waals surface area contributed by atoms with E-state index in [9.17, 15) is 0 Å². The van der Waals surface area contributed by atoms with E-state index in [0.29, 0.717) is 6.54 Å². The second-order valence-electron chi connectivity index (χ2n) is 5.09. The van der Waals surface area contributed by atoms with Crippen molar-refractivity contribution in [2.75, 3.05) is 26.3 Å². The Kier molecular flexibility index (Phi) is 4.41. The predicted molar refractivity (Wildman–Crippen MR) is 75.6 cm³/mol. The molecule has 0 aromatic carbocycles. The van der Waals surface area contributed by atoms with Crippen molar-refractivity contribution in [1.29, 1.82) is 0 Å².